The number of carbonyl (C=O) groups is 1. The first-order valence-electron chi connectivity index (χ1n) is 5.57. The van der Waals surface area contributed by atoms with Gasteiger partial charge >= 0.3 is 0 Å². The summed E-state index contributed by atoms with van der Waals surface area (Å²) in [7, 11) is 0. The molecule has 1 N–H and O–H groups in total. The van der Waals surface area contributed by atoms with E-state index in [-0.39, 0.29) is 11.9 Å². The van der Waals surface area contributed by atoms with Crippen LogP contribution in [0.1, 0.15) is 45.4 Å². The minimum absolute atomic E-state index is 0.219. The summed E-state index contributed by atoms with van der Waals surface area (Å²) >= 11 is 5.59. The van der Waals surface area contributed by atoms with Gasteiger partial charge < -0.3 is 5.32 Å². The van der Waals surface area contributed by atoms with Gasteiger partial charge in [0.15, 0.2) is 0 Å². The molecule has 0 radical (unpaired) electrons. The molecule has 0 saturated heterocycles. The second-order valence-corrected chi connectivity index (χ2v) is 4.68. The number of amides is 1. The van der Waals surface area contributed by atoms with E-state index in [1.165, 1.54) is 19.3 Å². The number of halogens is 1. The maximum atomic E-state index is 11.5. The van der Waals surface area contributed by atoms with Crippen LogP contribution < -0.4 is 5.32 Å². The van der Waals surface area contributed by atoms with Crippen LogP contribution in [-0.4, -0.2) is 17.8 Å². The molecule has 0 aliphatic heterocycles. The molecule has 0 aromatic carbocycles. The molecule has 1 unspecified atom stereocenters. The number of alkyl halides is 1. The van der Waals surface area contributed by atoms with Gasteiger partial charge in [-0.1, -0.05) is 6.42 Å². The van der Waals surface area contributed by atoms with Crippen molar-refractivity contribution in [1.29, 1.82) is 0 Å². The van der Waals surface area contributed by atoms with Crippen molar-refractivity contribution in [2.45, 2.75) is 51.5 Å². The lowest BCUT2D eigenvalue weighted by molar-refractivity contribution is -0.123. The van der Waals surface area contributed by atoms with Crippen molar-refractivity contribution in [3.8, 4) is 0 Å². The molecular formula is C11H20ClNO. The Morgan fingerprint density at radius 3 is 2.79 bits per heavy atom. The van der Waals surface area contributed by atoms with E-state index >= 15 is 0 Å². The lowest BCUT2D eigenvalue weighted by Crippen LogP contribution is -2.34. The third-order valence-corrected chi connectivity index (χ3v) is 3.14. The number of nitrogens with one attached hydrogen (secondary N) is 1. The van der Waals surface area contributed by atoms with E-state index in [1.807, 2.05) is 6.92 Å². The van der Waals surface area contributed by atoms with E-state index in [2.05, 4.69) is 5.32 Å². The van der Waals surface area contributed by atoms with Crippen molar-refractivity contribution in [2.75, 3.05) is 5.88 Å². The molecule has 1 amide bonds. The molecule has 3 heteroatoms. The summed E-state index contributed by atoms with van der Waals surface area (Å²) in [5.41, 5.74) is 0. The predicted molar refractivity (Wildman–Crippen MR) is 59.5 cm³/mol. The maximum Gasteiger partial charge on any atom is 0.220 e. The first kappa shape index (κ1) is 11.8. The Bertz CT molecular complexity index is 180. The van der Waals surface area contributed by atoms with Gasteiger partial charge in [0.1, 0.15) is 0 Å². The first-order valence-corrected chi connectivity index (χ1v) is 6.11. The zero-order valence-corrected chi connectivity index (χ0v) is 9.65. The van der Waals surface area contributed by atoms with Crippen LogP contribution in [0.25, 0.3) is 0 Å². The molecule has 1 atom stereocenters. The van der Waals surface area contributed by atoms with E-state index < -0.39 is 0 Å². The molecule has 1 fully saturated rings. The average molecular weight is 218 g/mol. The second kappa shape index (κ2) is 6.28. The number of hydrogen-bond donors (Lipinski definition) is 1. The van der Waals surface area contributed by atoms with E-state index in [0.29, 0.717) is 11.8 Å². The molecule has 1 rings (SSSR count). The Balaban J connectivity index is 2.05. The quantitative estimate of drug-likeness (QED) is 0.681. The van der Waals surface area contributed by atoms with Crippen LogP contribution >= 0.6 is 11.6 Å². The normalized spacial score (nSPS) is 18.7. The molecule has 0 aromatic heterocycles. The zero-order valence-electron chi connectivity index (χ0n) is 8.89. The summed E-state index contributed by atoms with van der Waals surface area (Å²) in [6.45, 7) is 2.05. The third-order valence-electron chi connectivity index (χ3n) is 2.88. The van der Waals surface area contributed by atoms with Gasteiger partial charge in [-0.2, -0.15) is 0 Å². The van der Waals surface area contributed by atoms with Crippen LogP contribution in [0.5, 0.6) is 0 Å². The molecule has 82 valence electrons. The fourth-order valence-corrected chi connectivity index (χ4v) is 1.90. The molecule has 2 nitrogen and oxygen atoms in total. The molecule has 1 aliphatic carbocycles. The zero-order chi connectivity index (χ0) is 10.4. The Morgan fingerprint density at radius 2 is 2.29 bits per heavy atom. The molecule has 1 saturated carbocycles. The van der Waals surface area contributed by atoms with E-state index in [0.717, 1.165) is 19.3 Å². The molecule has 0 heterocycles. The Labute approximate surface area is 91.4 Å². The van der Waals surface area contributed by atoms with Gasteiger partial charge in [0, 0.05) is 18.3 Å². The molecule has 0 aromatic rings. The summed E-state index contributed by atoms with van der Waals surface area (Å²) in [6.07, 6.45) is 6.48. The van der Waals surface area contributed by atoms with Gasteiger partial charge in [-0.05, 0) is 38.5 Å². The number of hydrogen-bond acceptors (Lipinski definition) is 1. The number of carbonyl (C=O) groups excluding carboxylic acids is 1. The average Bonchev–Trinajstić information content (AvgIpc) is 2.08. The summed E-state index contributed by atoms with van der Waals surface area (Å²) in [4.78, 5) is 11.5. The molecule has 0 spiro atoms. The van der Waals surface area contributed by atoms with Gasteiger partial charge in [-0.3, -0.25) is 4.79 Å². The van der Waals surface area contributed by atoms with Crippen LogP contribution in [0.2, 0.25) is 0 Å². The first-order chi connectivity index (χ1) is 6.72. The molecule has 0 bridgehead atoms. The maximum absolute atomic E-state index is 11.5. The minimum Gasteiger partial charge on any atom is -0.354 e. The SMILES string of the molecule is CC(CCCCl)NC(=O)CC1CCC1. The van der Waals surface area contributed by atoms with Crippen molar-refractivity contribution >= 4 is 17.5 Å². The Kier molecular flexibility index (Phi) is 5.31. The van der Waals surface area contributed by atoms with Crippen molar-refractivity contribution in [3.63, 3.8) is 0 Å². The largest absolute Gasteiger partial charge is 0.354 e. The molecule has 14 heavy (non-hydrogen) atoms. The van der Waals surface area contributed by atoms with Gasteiger partial charge in [0.2, 0.25) is 5.91 Å². The van der Waals surface area contributed by atoms with Crippen LogP contribution in [0.4, 0.5) is 0 Å². The van der Waals surface area contributed by atoms with Crippen molar-refractivity contribution < 1.29 is 4.79 Å². The lowest BCUT2D eigenvalue weighted by Gasteiger charge is -2.25. The highest BCUT2D eigenvalue weighted by atomic mass is 35.5. The van der Waals surface area contributed by atoms with Gasteiger partial charge in [-0.25, -0.2) is 0 Å². The van der Waals surface area contributed by atoms with Gasteiger partial charge in [0.25, 0.3) is 0 Å². The van der Waals surface area contributed by atoms with Crippen LogP contribution in [0, 0.1) is 5.92 Å². The highest BCUT2D eigenvalue weighted by Crippen LogP contribution is 2.29. The lowest BCUT2D eigenvalue weighted by atomic mass is 9.83. The molecule has 1 aliphatic rings. The van der Waals surface area contributed by atoms with Crippen LogP contribution in [0.3, 0.4) is 0 Å². The highest BCUT2D eigenvalue weighted by molar-refractivity contribution is 6.17. The topological polar surface area (TPSA) is 29.1 Å². The van der Waals surface area contributed by atoms with E-state index in [9.17, 15) is 4.79 Å². The fourth-order valence-electron chi connectivity index (χ4n) is 1.75. The summed E-state index contributed by atoms with van der Waals surface area (Å²) < 4.78 is 0. The van der Waals surface area contributed by atoms with Crippen molar-refractivity contribution in [3.05, 3.63) is 0 Å². The second-order valence-electron chi connectivity index (χ2n) is 4.30. The van der Waals surface area contributed by atoms with Crippen molar-refractivity contribution in [1.82, 2.24) is 5.32 Å². The monoisotopic (exact) mass is 217 g/mol. The smallest absolute Gasteiger partial charge is 0.220 e. The minimum atomic E-state index is 0.219. The van der Waals surface area contributed by atoms with E-state index in [1.54, 1.807) is 0 Å². The summed E-state index contributed by atoms with van der Waals surface area (Å²) in [6, 6.07) is 0.279. The van der Waals surface area contributed by atoms with Crippen LogP contribution in [-0.2, 0) is 4.79 Å². The summed E-state index contributed by atoms with van der Waals surface area (Å²) in [5.74, 6) is 1.56. The Hall–Kier alpha value is -0.240. The van der Waals surface area contributed by atoms with E-state index in [4.69, 9.17) is 11.6 Å². The number of rotatable bonds is 6. The summed E-state index contributed by atoms with van der Waals surface area (Å²) in [5, 5.41) is 3.02. The molecular weight excluding hydrogens is 198 g/mol. The Morgan fingerprint density at radius 1 is 1.57 bits per heavy atom. The fraction of sp³-hybridized carbons (Fsp3) is 0.909. The van der Waals surface area contributed by atoms with Crippen LogP contribution in [0.15, 0.2) is 0 Å². The predicted octanol–water partition coefficient (Wildman–Crippen LogP) is 2.70. The third kappa shape index (κ3) is 4.32. The highest BCUT2D eigenvalue weighted by Gasteiger charge is 2.20. The van der Waals surface area contributed by atoms with Crippen molar-refractivity contribution in [2.24, 2.45) is 5.92 Å². The standard InChI is InChI=1S/C11H20ClNO/c1-9(4-3-7-12)13-11(14)8-10-5-2-6-10/h9-10H,2-8H2,1H3,(H,13,14). The van der Waals surface area contributed by atoms with Gasteiger partial charge in [0.05, 0.1) is 0 Å². The van der Waals surface area contributed by atoms with Gasteiger partial charge in [-0.15, -0.1) is 11.6 Å².